The van der Waals surface area contributed by atoms with Gasteiger partial charge in [-0.05, 0) is 38.0 Å². The highest BCUT2D eigenvalue weighted by Gasteiger charge is 2.30. The first-order chi connectivity index (χ1) is 10.0. The largest absolute Gasteiger partial charge is 0.481 e. The number of esters is 1. The third-order valence-electron chi connectivity index (χ3n) is 4.33. The van der Waals surface area contributed by atoms with Gasteiger partial charge < -0.3 is 9.84 Å². The molecule has 1 aliphatic carbocycles. The fourth-order valence-electron chi connectivity index (χ4n) is 2.87. The summed E-state index contributed by atoms with van der Waals surface area (Å²) in [5, 5.41) is 8.93. The van der Waals surface area contributed by atoms with Gasteiger partial charge in [-0.2, -0.15) is 0 Å². The van der Waals surface area contributed by atoms with Crippen molar-refractivity contribution in [2.75, 3.05) is 6.61 Å². The molecule has 0 amide bonds. The van der Waals surface area contributed by atoms with Gasteiger partial charge in [0, 0.05) is 0 Å². The van der Waals surface area contributed by atoms with E-state index in [-0.39, 0.29) is 17.8 Å². The van der Waals surface area contributed by atoms with Gasteiger partial charge in [-0.15, -0.1) is 0 Å². The van der Waals surface area contributed by atoms with Crippen molar-refractivity contribution in [3.8, 4) is 0 Å². The monoisotopic (exact) mass is 298 g/mol. The van der Waals surface area contributed by atoms with Crippen molar-refractivity contribution in [2.45, 2.75) is 71.6 Å². The molecule has 0 bridgehead atoms. The number of hydrogen-bond acceptors (Lipinski definition) is 3. The number of carboxylic acid groups (broad SMARTS) is 1. The minimum Gasteiger partial charge on any atom is -0.481 e. The van der Waals surface area contributed by atoms with Crippen LogP contribution in [-0.4, -0.2) is 23.7 Å². The van der Waals surface area contributed by atoms with Crippen molar-refractivity contribution in [1.82, 2.24) is 0 Å². The Hall–Kier alpha value is -1.06. The Balaban J connectivity index is 2.03. The lowest BCUT2D eigenvalue weighted by Gasteiger charge is -2.24. The fraction of sp³-hybridized carbons (Fsp3) is 0.882. The van der Waals surface area contributed by atoms with E-state index in [1.54, 1.807) is 0 Å². The first-order valence-corrected chi connectivity index (χ1v) is 8.40. The molecule has 0 saturated heterocycles. The fourth-order valence-corrected chi connectivity index (χ4v) is 2.87. The van der Waals surface area contributed by atoms with Crippen molar-refractivity contribution < 1.29 is 19.4 Å². The summed E-state index contributed by atoms with van der Waals surface area (Å²) < 4.78 is 5.32. The van der Waals surface area contributed by atoms with Crippen molar-refractivity contribution in [2.24, 2.45) is 17.8 Å². The minimum absolute atomic E-state index is 0.0819. The van der Waals surface area contributed by atoms with Gasteiger partial charge in [0.1, 0.15) is 0 Å². The summed E-state index contributed by atoms with van der Waals surface area (Å²) >= 11 is 0. The van der Waals surface area contributed by atoms with Crippen LogP contribution in [0.1, 0.15) is 71.6 Å². The highest BCUT2D eigenvalue weighted by molar-refractivity contribution is 5.74. The molecule has 1 rings (SSSR count). The number of ether oxygens (including phenoxy) is 1. The van der Waals surface area contributed by atoms with Gasteiger partial charge in [0.2, 0.25) is 0 Å². The molecule has 1 N–H and O–H groups in total. The Morgan fingerprint density at radius 2 is 1.57 bits per heavy atom. The first kappa shape index (κ1) is 18.0. The molecule has 1 aliphatic rings. The van der Waals surface area contributed by atoms with E-state index in [1.807, 2.05) is 0 Å². The number of rotatable bonds is 9. The molecule has 0 aliphatic heterocycles. The van der Waals surface area contributed by atoms with Crippen LogP contribution in [0.4, 0.5) is 0 Å². The molecule has 4 nitrogen and oxygen atoms in total. The summed E-state index contributed by atoms with van der Waals surface area (Å²) in [6, 6.07) is 0. The van der Waals surface area contributed by atoms with Crippen molar-refractivity contribution in [1.29, 1.82) is 0 Å². The van der Waals surface area contributed by atoms with E-state index in [1.165, 1.54) is 19.3 Å². The second-order valence-electron chi connectivity index (χ2n) is 6.65. The molecule has 0 aromatic carbocycles. The van der Waals surface area contributed by atoms with E-state index in [0.29, 0.717) is 32.3 Å². The molecule has 0 radical (unpaired) electrons. The highest BCUT2D eigenvalue weighted by atomic mass is 16.5. The molecule has 122 valence electrons. The molecule has 4 heteroatoms. The van der Waals surface area contributed by atoms with Crippen LogP contribution in [0.2, 0.25) is 0 Å². The van der Waals surface area contributed by atoms with Gasteiger partial charge in [0.15, 0.2) is 0 Å². The van der Waals surface area contributed by atoms with Crippen molar-refractivity contribution in [3.05, 3.63) is 0 Å². The Labute approximate surface area is 128 Å². The lowest BCUT2D eigenvalue weighted by atomic mass is 9.82. The Morgan fingerprint density at radius 1 is 1.00 bits per heavy atom. The maximum Gasteiger partial charge on any atom is 0.308 e. The van der Waals surface area contributed by atoms with Crippen LogP contribution in [0.15, 0.2) is 0 Å². The summed E-state index contributed by atoms with van der Waals surface area (Å²) in [6.07, 6.45) is 8.31. The zero-order valence-corrected chi connectivity index (χ0v) is 13.5. The molecule has 1 saturated carbocycles. The Morgan fingerprint density at radius 3 is 2.14 bits per heavy atom. The molecule has 0 aromatic rings. The van der Waals surface area contributed by atoms with Crippen LogP contribution in [0.3, 0.4) is 0 Å². The zero-order chi connectivity index (χ0) is 15.7. The topological polar surface area (TPSA) is 63.6 Å². The van der Waals surface area contributed by atoms with E-state index >= 15 is 0 Å². The van der Waals surface area contributed by atoms with E-state index in [4.69, 9.17) is 9.84 Å². The summed E-state index contributed by atoms with van der Waals surface area (Å²) in [5.74, 6) is -0.440. The smallest absolute Gasteiger partial charge is 0.308 e. The summed E-state index contributed by atoms with van der Waals surface area (Å²) in [4.78, 5) is 22.7. The predicted octanol–water partition coefficient (Wildman–Crippen LogP) is 4.03. The summed E-state index contributed by atoms with van der Waals surface area (Å²) in [7, 11) is 0. The summed E-state index contributed by atoms with van der Waals surface area (Å²) in [6.45, 7) is 4.99. The Bertz CT molecular complexity index is 317. The molecule has 0 unspecified atom stereocenters. The second kappa shape index (κ2) is 9.80. The number of carbonyl (C=O) groups excluding carboxylic acids is 1. The van der Waals surface area contributed by atoms with Crippen LogP contribution in [-0.2, 0) is 14.3 Å². The normalized spacial score (nSPS) is 22.2. The highest BCUT2D eigenvalue weighted by Crippen LogP contribution is 2.29. The molecule has 0 heterocycles. The third-order valence-corrected chi connectivity index (χ3v) is 4.33. The van der Waals surface area contributed by atoms with Gasteiger partial charge in [0.05, 0.1) is 18.4 Å². The van der Waals surface area contributed by atoms with Gasteiger partial charge >= 0.3 is 11.9 Å². The lowest BCUT2D eigenvalue weighted by Crippen LogP contribution is -2.27. The number of carbonyl (C=O) groups is 2. The standard InChI is InChI=1S/C17H30O4/c1-13(2)7-5-3-4-6-12-21-17(20)15-10-8-14(9-11-15)16(18)19/h13-15H,3-12H2,1-2H3,(H,18,19). The molecule has 0 spiro atoms. The maximum absolute atomic E-state index is 11.9. The molecular weight excluding hydrogens is 268 g/mol. The van der Waals surface area contributed by atoms with Gasteiger partial charge in [-0.1, -0.05) is 39.5 Å². The molecule has 0 aromatic heterocycles. The van der Waals surface area contributed by atoms with Crippen molar-refractivity contribution >= 4 is 11.9 Å². The zero-order valence-electron chi connectivity index (χ0n) is 13.5. The van der Waals surface area contributed by atoms with Crippen LogP contribution < -0.4 is 0 Å². The second-order valence-corrected chi connectivity index (χ2v) is 6.65. The number of carboxylic acids is 1. The Kier molecular flexibility index (Phi) is 8.40. The predicted molar refractivity (Wildman–Crippen MR) is 82.0 cm³/mol. The van der Waals surface area contributed by atoms with E-state index in [9.17, 15) is 9.59 Å². The maximum atomic E-state index is 11.9. The average molecular weight is 298 g/mol. The van der Waals surface area contributed by atoms with Crippen molar-refractivity contribution in [3.63, 3.8) is 0 Å². The molecule has 21 heavy (non-hydrogen) atoms. The van der Waals surface area contributed by atoms with E-state index < -0.39 is 5.97 Å². The first-order valence-electron chi connectivity index (χ1n) is 8.40. The van der Waals surface area contributed by atoms with Gasteiger partial charge in [0.25, 0.3) is 0 Å². The van der Waals surface area contributed by atoms with E-state index in [2.05, 4.69) is 13.8 Å². The molecule has 1 fully saturated rings. The average Bonchev–Trinajstić information content (AvgIpc) is 2.45. The molecule has 0 atom stereocenters. The molecular formula is C17H30O4. The van der Waals surface area contributed by atoms with Crippen LogP contribution in [0.25, 0.3) is 0 Å². The number of hydrogen-bond donors (Lipinski definition) is 1. The van der Waals surface area contributed by atoms with Gasteiger partial charge in [-0.25, -0.2) is 0 Å². The van der Waals surface area contributed by atoms with Crippen LogP contribution in [0, 0.1) is 17.8 Å². The van der Waals surface area contributed by atoms with Gasteiger partial charge in [-0.3, -0.25) is 9.59 Å². The quantitative estimate of drug-likeness (QED) is 0.515. The SMILES string of the molecule is CC(C)CCCCCCOC(=O)C1CCC(C(=O)O)CC1. The van der Waals surface area contributed by atoms with Crippen LogP contribution in [0.5, 0.6) is 0 Å². The lowest BCUT2D eigenvalue weighted by molar-refractivity contribution is -0.152. The third kappa shape index (κ3) is 7.49. The van der Waals surface area contributed by atoms with Crippen LogP contribution >= 0.6 is 0 Å². The number of aliphatic carboxylic acids is 1. The number of unbranched alkanes of at least 4 members (excludes halogenated alkanes) is 3. The van der Waals surface area contributed by atoms with E-state index in [0.717, 1.165) is 18.8 Å². The summed E-state index contributed by atoms with van der Waals surface area (Å²) in [5.41, 5.74) is 0. The minimum atomic E-state index is -0.733.